The average Bonchev–Trinajstić information content (AvgIpc) is 3.30. The number of hydrogen-bond acceptors (Lipinski definition) is 3. The Morgan fingerprint density at radius 3 is 2.75 bits per heavy atom. The van der Waals surface area contributed by atoms with Crippen molar-refractivity contribution < 1.29 is 5.11 Å². The van der Waals surface area contributed by atoms with Crippen molar-refractivity contribution in [2.24, 2.45) is 5.92 Å². The summed E-state index contributed by atoms with van der Waals surface area (Å²) in [6.07, 6.45) is 5.27. The van der Waals surface area contributed by atoms with Gasteiger partial charge in [-0.05, 0) is 57.7 Å². The maximum Gasteiger partial charge on any atom is 0.120 e. The zero-order chi connectivity index (χ0) is 13.9. The number of nitrogens with zero attached hydrogens (tertiary/aromatic N) is 1. The van der Waals surface area contributed by atoms with Crippen LogP contribution >= 0.6 is 0 Å². The minimum absolute atomic E-state index is 0.311. The normalized spacial score (nSPS) is 24.8. The maximum absolute atomic E-state index is 10.1. The van der Waals surface area contributed by atoms with Crippen LogP contribution in [-0.4, -0.2) is 35.7 Å². The van der Waals surface area contributed by atoms with E-state index in [0.29, 0.717) is 11.8 Å². The van der Waals surface area contributed by atoms with Gasteiger partial charge in [0.05, 0.1) is 0 Å². The van der Waals surface area contributed by atoms with Crippen molar-refractivity contribution in [3.8, 4) is 5.75 Å². The lowest BCUT2D eigenvalue weighted by Gasteiger charge is -2.34. The molecule has 3 rings (SSSR count). The van der Waals surface area contributed by atoms with Gasteiger partial charge in [0.1, 0.15) is 5.75 Å². The number of hydrogen-bond donors (Lipinski definition) is 2. The van der Waals surface area contributed by atoms with Crippen LogP contribution in [-0.2, 0) is 0 Å². The Balaban J connectivity index is 1.71. The van der Waals surface area contributed by atoms with Crippen molar-refractivity contribution in [1.82, 2.24) is 10.2 Å². The van der Waals surface area contributed by atoms with Gasteiger partial charge >= 0.3 is 0 Å². The summed E-state index contributed by atoms with van der Waals surface area (Å²) in [5.41, 5.74) is 1.07. The third kappa shape index (κ3) is 3.15. The number of piperidine rings is 1. The molecule has 2 unspecified atom stereocenters. The molecule has 0 amide bonds. The van der Waals surface area contributed by atoms with Crippen LogP contribution in [0.3, 0.4) is 0 Å². The van der Waals surface area contributed by atoms with Crippen molar-refractivity contribution >= 4 is 0 Å². The molecule has 0 spiro atoms. The largest absolute Gasteiger partial charge is 0.508 e. The van der Waals surface area contributed by atoms with Crippen LogP contribution in [0.5, 0.6) is 5.75 Å². The molecule has 1 aliphatic heterocycles. The summed E-state index contributed by atoms with van der Waals surface area (Å²) in [7, 11) is 0. The molecule has 2 fully saturated rings. The second-order valence-corrected chi connectivity index (χ2v) is 6.38. The van der Waals surface area contributed by atoms with Gasteiger partial charge in [0.2, 0.25) is 0 Å². The van der Waals surface area contributed by atoms with Gasteiger partial charge in [-0.2, -0.15) is 0 Å². The molecule has 2 N–H and O–H groups in total. The van der Waals surface area contributed by atoms with E-state index in [1.807, 2.05) is 12.1 Å². The quantitative estimate of drug-likeness (QED) is 0.866. The Bertz CT molecular complexity index is 438. The lowest BCUT2D eigenvalue weighted by molar-refractivity contribution is 0.152. The number of para-hydroxylation sites is 1. The minimum atomic E-state index is 0.311. The Kier molecular flexibility index (Phi) is 4.27. The van der Waals surface area contributed by atoms with E-state index in [0.717, 1.165) is 30.6 Å². The van der Waals surface area contributed by atoms with Gasteiger partial charge in [0.25, 0.3) is 0 Å². The molecule has 1 aromatic rings. The molecule has 0 radical (unpaired) electrons. The van der Waals surface area contributed by atoms with Crippen LogP contribution in [0.15, 0.2) is 24.3 Å². The number of phenolic OH excluding ortho intramolecular Hbond substituents is 1. The molecule has 1 saturated heterocycles. The van der Waals surface area contributed by atoms with Crippen LogP contribution in [0.25, 0.3) is 0 Å². The Morgan fingerprint density at radius 1 is 1.30 bits per heavy atom. The molecule has 3 heteroatoms. The lowest BCUT2D eigenvalue weighted by Crippen LogP contribution is -2.40. The first-order valence-electron chi connectivity index (χ1n) is 8.00. The maximum atomic E-state index is 10.1. The number of aromatic hydroxyl groups is 1. The molecule has 0 aromatic heterocycles. The SMILES string of the molecule is CC(c1ccccc1O)N(CC1CCCNC1)C1CC1. The Hall–Kier alpha value is -1.06. The van der Waals surface area contributed by atoms with Crippen LogP contribution < -0.4 is 5.32 Å². The number of benzene rings is 1. The molecular weight excluding hydrogens is 248 g/mol. The molecule has 1 aliphatic carbocycles. The van der Waals surface area contributed by atoms with Crippen LogP contribution in [0.4, 0.5) is 0 Å². The summed E-state index contributed by atoms with van der Waals surface area (Å²) < 4.78 is 0. The van der Waals surface area contributed by atoms with Gasteiger partial charge in [-0.3, -0.25) is 4.90 Å². The van der Waals surface area contributed by atoms with E-state index in [2.05, 4.69) is 23.2 Å². The van der Waals surface area contributed by atoms with Crippen molar-refractivity contribution in [2.45, 2.75) is 44.7 Å². The topological polar surface area (TPSA) is 35.5 Å². The number of nitrogens with one attached hydrogen (secondary N) is 1. The molecule has 1 saturated carbocycles. The van der Waals surface area contributed by atoms with E-state index < -0.39 is 0 Å². The van der Waals surface area contributed by atoms with E-state index in [9.17, 15) is 5.11 Å². The summed E-state index contributed by atoms with van der Waals surface area (Å²) in [6, 6.07) is 8.84. The van der Waals surface area contributed by atoms with E-state index in [4.69, 9.17) is 0 Å². The second kappa shape index (κ2) is 6.15. The van der Waals surface area contributed by atoms with Gasteiger partial charge < -0.3 is 10.4 Å². The summed E-state index contributed by atoms with van der Waals surface area (Å²) in [5, 5.41) is 13.6. The monoisotopic (exact) mass is 274 g/mol. The van der Waals surface area contributed by atoms with Gasteiger partial charge in [0, 0.05) is 24.2 Å². The van der Waals surface area contributed by atoms with E-state index >= 15 is 0 Å². The Morgan fingerprint density at radius 2 is 2.10 bits per heavy atom. The Labute approximate surface area is 122 Å². The van der Waals surface area contributed by atoms with Crippen molar-refractivity contribution in [3.05, 3.63) is 29.8 Å². The fourth-order valence-electron chi connectivity index (χ4n) is 3.43. The highest BCUT2D eigenvalue weighted by molar-refractivity contribution is 5.34. The van der Waals surface area contributed by atoms with Gasteiger partial charge in [-0.25, -0.2) is 0 Å². The molecule has 1 aromatic carbocycles. The lowest BCUT2D eigenvalue weighted by atomic mass is 9.97. The first-order chi connectivity index (χ1) is 9.75. The molecule has 0 bridgehead atoms. The van der Waals surface area contributed by atoms with E-state index in [1.165, 1.54) is 32.2 Å². The molecule has 110 valence electrons. The summed E-state index contributed by atoms with van der Waals surface area (Å²) >= 11 is 0. The predicted molar refractivity (Wildman–Crippen MR) is 81.8 cm³/mol. The second-order valence-electron chi connectivity index (χ2n) is 6.38. The molecule has 1 heterocycles. The number of phenols is 1. The highest BCUT2D eigenvalue weighted by Crippen LogP contribution is 2.37. The van der Waals surface area contributed by atoms with E-state index in [1.54, 1.807) is 6.07 Å². The summed E-state index contributed by atoms with van der Waals surface area (Å²) in [5.74, 6) is 1.20. The standard InChI is InChI=1S/C17H26N2O/c1-13(16-6-2-3-7-17(16)20)19(15-8-9-15)12-14-5-4-10-18-11-14/h2-3,6-7,13-15,18,20H,4-5,8-12H2,1H3. The van der Waals surface area contributed by atoms with Crippen molar-refractivity contribution in [3.63, 3.8) is 0 Å². The predicted octanol–water partition coefficient (Wildman–Crippen LogP) is 2.92. The molecule has 20 heavy (non-hydrogen) atoms. The highest BCUT2D eigenvalue weighted by atomic mass is 16.3. The zero-order valence-electron chi connectivity index (χ0n) is 12.4. The average molecular weight is 274 g/mol. The highest BCUT2D eigenvalue weighted by Gasteiger charge is 2.34. The molecule has 2 atom stereocenters. The van der Waals surface area contributed by atoms with Crippen LogP contribution in [0.1, 0.15) is 44.2 Å². The van der Waals surface area contributed by atoms with Gasteiger partial charge in [-0.15, -0.1) is 0 Å². The molecular formula is C17H26N2O. The van der Waals surface area contributed by atoms with Crippen molar-refractivity contribution in [2.75, 3.05) is 19.6 Å². The zero-order valence-corrected chi connectivity index (χ0v) is 12.4. The van der Waals surface area contributed by atoms with Crippen molar-refractivity contribution in [1.29, 1.82) is 0 Å². The van der Waals surface area contributed by atoms with Gasteiger partial charge in [-0.1, -0.05) is 18.2 Å². The third-order valence-corrected chi connectivity index (χ3v) is 4.77. The van der Waals surface area contributed by atoms with E-state index in [-0.39, 0.29) is 0 Å². The summed E-state index contributed by atoms with van der Waals surface area (Å²) in [4.78, 5) is 2.62. The summed E-state index contributed by atoms with van der Waals surface area (Å²) in [6.45, 7) is 5.72. The third-order valence-electron chi connectivity index (χ3n) is 4.77. The number of rotatable bonds is 5. The molecule has 2 aliphatic rings. The molecule has 3 nitrogen and oxygen atoms in total. The van der Waals surface area contributed by atoms with Crippen LogP contribution in [0.2, 0.25) is 0 Å². The fourth-order valence-corrected chi connectivity index (χ4v) is 3.43. The first kappa shape index (κ1) is 13.9. The minimum Gasteiger partial charge on any atom is -0.508 e. The smallest absolute Gasteiger partial charge is 0.120 e. The van der Waals surface area contributed by atoms with Crippen LogP contribution in [0, 0.1) is 5.92 Å². The first-order valence-corrected chi connectivity index (χ1v) is 8.00. The fraction of sp³-hybridized carbons (Fsp3) is 0.647. The van der Waals surface area contributed by atoms with Gasteiger partial charge in [0.15, 0.2) is 0 Å².